The van der Waals surface area contributed by atoms with Crippen LogP contribution in [-0.2, 0) is 16.8 Å². The smallest absolute Gasteiger partial charge is 0.326 e. The highest BCUT2D eigenvalue weighted by molar-refractivity contribution is 5.96. The molecule has 1 amide bonds. The molecule has 2 aromatic rings. The number of carbonyl (C=O) groups excluding carboxylic acids is 1. The van der Waals surface area contributed by atoms with Gasteiger partial charge < -0.3 is 10.4 Å². The molecule has 0 radical (unpaired) electrons. The van der Waals surface area contributed by atoms with Gasteiger partial charge in [-0.15, -0.1) is 0 Å². The third kappa shape index (κ3) is 4.42. The van der Waals surface area contributed by atoms with Gasteiger partial charge in [-0.05, 0) is 26.3 Å². The van der Waals surface area contributed by atoms with Gasteiger partial charge in [-0.1, -0.05) is 30.3 Å². The van der Waals surface area contributed by atoms with Crippen molar-refractivity contribution in [3.8, 4) is 0 Å². The summed E-state index contributed by atoms with van der Waals surface area (Å²) in [6.07, 6.45) is 3.30. The van der Waals surface area contributed by atoms with Crippen LogP contribution in [0.1, 0.15) is 36.7 Å². The van der Waals surface area contributed by atoms with E-state index in [4.69, 9.17) is 0 Å². The van der Waals surface area contributed by atoms with Crippen molar-refractivity contribution < 1.29 is 14.7 Å². The van der Waals surface area contributed by atoms with E-state index in [-0.39, 0.29) is 12.0 Å². The molecule has 6 nitrogen and oxygen atoms in total. The summed E-state index contributed by atoms with van der Waals surface area (Å²) in [6, 6.07) is 8.22. The van der Waals surface area contributed by atoms with E-state index in [1.807, 2.05) is 51.1 Å². The number of carboxylic acids is 1. The molecule has 2 N–H and O–H groups in total. The van der Waals surface area contributed by atoms with Crippen molar-refractivity contribution in [1.82, 2.24) is 15.1 Å². The van der Waals surface area contributed by atoms with Crippen molar-refractivity contribution >= 4 is 11.9 Å². The van der Waals surface area contributed by atoms with Gasteiger partial charge in [-0.3, -0.25) is 9.48 Å². The van der Waals surface area contributed by atoms with Gasteiger partial charge in [-0.2, -0.15) is 5.10 Å². The number of aromatic nitrogens is 2. The number of nitrogens with zero attached hydrogens (tertiary/aromatic N) is 2. The first-order valence-electron chi connectivity index (χ1n) is 7.40. The fourth-order valence-electron chi connectivity index (χ4n) is 2.10. The molecule has 0 saturated heterocycles. The highest BCUT2D eigenvalue weighted by Crippen LogP contribution is 2.13. The van der Waals surface area contributed by atoms with Crippen molar-refractivity contribution in [2.75, 3.05) is 0 Å². The molecule has 2 rings (SSSR count). The lowest BCUT2D eigenvalue weighted by Crippen LogP contribution is -2.42. The predicted octanol–water partition coefficient (Wildman–Crippen LogP) is 2.06. The topological polar surface area (TPSA) is 84.2 Å². The zero-order valence-electron chi connectivity index (χ0n) is 13.5. The zero-order chi connectivity index (χ0) is 17.0. The average Bonchev–Trinajstić information content (AvgIpc) is 2.97. The Morgan fingerprint density at radius 1 is 1.26 bits per heavy atom. The molecule has 0 aliphatic carbocycles. The summed E-state index contributed by atoms with van der Waals surface area (Å²) in [5.41, 5.74) is 0.958. The first-order chi connectivity index (χ1) is 10.8. The number of nitrogens with one attached hydrogen (secondary N) is 1. The van der Waals surface area contributed by atoms with E-state index in [1.54, 1.807) is 10.9 Å². The summed E-state index contributed by atoms with van der Waals surface area (Å²) < 4.78 is 1.68. The van der Waals surface area contributed by atoms with Gasteiger partial charge in [-0.25, -0.2) is 4.79 Å². The maximum atomic E-state index is 12.3. The lowest BCUT2D eigenvalue weighted by molar-refractivity contribution is -0.139. The second kappa shape index (κ2) is 6.64. The van der Waals surface area contributed by atoms with Crippen LogP contribution >= 0.6 is 0 Å². The number of aliphatic carboxylic acids is 1. The van der Waals surface area contributed by atoms with E-state index in [2.05, 4.69) is 10.4 Å². The van der Waals surface area contributed by atoms with Crippen molar-refractivity contribution in [2.45, 2.75) is 38.8 Å². The van der Waals surface area contributed by atoms with Crippen LogP contribution in [0, 0.1) is 0 Å². The predicted molar refractivity (Wildman–Crippen MR) is 86.3 cm³/mol. The molecule has 6 heteroatoms. The molecule has 0 aliphatic rings. The van der Waals surface area contributed by atoms with E-state index in [0.717, 1.165) is 5.56 Å². The van der Waals surface area contributed by atoms with E-state index in [9.17, 15) is 14.7 Å². The van der Waals surface area contributed by atoms with Crippen molar-refractivity contribution in [3.63, 3.8) is 0 Å². The molecule has 23 heavy (non-hydrogen) atoms. The van der Waals surface area contributed by atoms with Gasteiger partial charge in [0.1, 0.15) is 6.04 Å². The normalized spacial score (nSPS) is 12.7. The third-order valence-corrected chi connectivity index (χ3v) is 3.42. The summed E-state index contributed by atoms with van der Waals surface area (Å²) in [6.45, 7) is 5.91. The molecule has 1 aromatic carbocycles. The first kappa shape index (κ1) is 16.7. The number of hydrogen-bond donors (Lipinski definition) is 2. The molecule has 1 aromatic heterocycles. The van der Waals surface area contributed by atoms with Crippen LogP contribution in [0.15, 0.2) is 42.7 Å². The maximum absolute atomic E-state index is 12.3. The lowest BCUT2D eigenvalue weighted by atomic mass is 10.1. The van der Waals surface area contributed by atoms with Gasteiger partial charge in [0.05, 0.1) is 17.3 Å². The molecule has 0 unspecified atom stereocenters. The minimum atomic E-state index is -1.06. The number of rotatable bonds is 5. The summed E-state index contributed by atoms with van der Waals surface area (Å²) in [5.74, 6) is -1.51. The van der Waals surface area contributed by atoms with Crippen LogP contribution in [-0.4, -0.2) is 32.8 Å². The lowest BCUT2D eigenvalue weighted by Gasteiger charge is -2.18. The van der Waals surface area contributed by atoms with Gasteiger partial charge >= 0.3 is 5.97 Å². The van der Waals surface area contributed by atoms with Crippen LogP contribution in [0.3, 0.4) is 0 Å². The number of amides is 1. The fraction of sp³-hybridized carbons (Fsp3) is 0.353. The SMILES string of the molecule is CC(C)(C)n1cc(C(=O)N[C@H](Cc2ccccc2)C(=O)O)cn1. The Labute approximate surface area is 135 Å². The summed E-state index contributed by atoms with van der Waals surface area (Å²) >= 11 is 0. The fourth-order valence-corrected chi connectivity index (χ4v) is 2.10. The van der Waals surface area contributed by atoms with Crippen LogP contribution in [0.2, 0.25) is 0 Å². The van der Waals surface area contributed by atoms with E-state index in [1.165, 1.54) is 6.20 Å². The van der Waals surface area contributed by atoms with Gasteiger partial charge in [0.15, 0.2) is 0 Å². The zero-order valence-corrected chi connectivity index (χ0v) is 13.5. The van der Waals surface area contributed by atoms with Crippen molar-refractivity contribution in [3.05, 3.63) is 53.9 Å². The van der Waals surface area contributed by atoms with Gasteiger partial charge in [0.2, 0.25) is 0 Å². The van der Waals surface area contributed by atoms with Gasteiger partial charge in [0.25, 0.3) is 5.91 Å². The highest BCUT2D eigenvalue weighted by Gasteiger charge is 2.23. The van der Waals surface area contributed by atoms with Gasteiger partial charge in [0, 0.05) is 12.6 Å². The Kier molecular flexibility index (Phi) is 4.83. The Balaban J connectivity index is 2.09. The quantitative estimate of drug-likeness (QED) is 0.884. The molecule has 0 saturated carbocycles. The molecule has 0 fully saturated rings. The second-order valence-corrected chi connectivity index (χ2v) is 6.40. The molecule has 0 spiro atoms. The number of benzene rings is 1. The number of carbonyl (C=O) groups is 2. The van der Waals surface area contributed by atoms with Crippen LogP contribution in [0.5, 0.6) is 0 Å². The number of hydrogen-bond acceptors (Lipinski definition) is 3. The van der Waals surface area contributed by atoms with Crippen LogP contribution in [0.25, 0.3) is 0 Å². The first-order valence-corrected chi connectivity index (χ1v) is 7.40. The molecule has 1 atom stereocenters. The molecular formula is C17H21N3O3. The molecule has 0 bridgehead atoms. The second-order valence-electron chi connectivity index (χ2n) is 6.40. The van der Waals surface area contributed by atoms with Crippen LogP contribution < -0.4 is 5.32 Å². The Morgan fingerprint density at radius 2 is 1.91 bits per heavy atom. The molecule has 0 aliphatic heterocycles. The standard InChI is InChI=1S/C17H21N3O3/c1-17(2,3)20-11-13(10-18-20)15(21)19-14(16(22)23)9-12-7-5-4-6-8-12/h4-8,10-11,14H,9H2,1-3H3,(H,19,21)(H,22,23)/t14-/m1/s1. The Hall–Kier alpha value is -2.63. The monoisotopic (exact) mass is 315 g/mol. The molecule has 122 valence electrons. The highest BCUT2D eigenvalue weighted by atomic mass is 16.4. The average molecular weight is 315 g/mol. The molecule has 1 heterocycles. The Bertz CT molecular complexity index is 687. The van der Waals surface area contributed by atoms with Crippen molar-refractivity contribution in [1.29, 1.82) is 0 Å². The van der Waals surface area contributed by atoms with E-state index in [0.29, 0.717) is 5.56 Å². The third-order valence-electron chi connectivity index (χ3n) is 3.42. The minimum Gasteiger partial charge on any atom is -0.480 e. The van der Waals surface area contributed by atoms with E-state index >= 15 is 0 Å². The maximum Gasteiger partial charge on any atom is 0.326 e. The van der Waals surface area contributed by atoms with E-state index < -0.39 is 17.9 Å². The summed E-state index contributed by atoms with van der Waals surface area (Å²) in [7, 11) is 0. The van der Waals surface area contributed by atoms with Crippen molar-refractivity contribution in [2.24, 2.45) is 0 Å². The largest absolute Gasteiger partial charge is 0.480 e. The summed E-state index contributed by atoms with van der Waals surface area (Å²) in [5, 5.41) is 16.0. The number of carboxylic acid groups (broad SMARTS) is 1. The minimum absolute atomic E-state index is 0.231. The molecular weight excluding hydrogens is 294 g/mol. The van der Waals surface area contributed by atoms with Crippen LogP contribution in [0.4, 0.5) is 0 Å². The summed E-state index contributed by atoms with van der Waals surface area (Å²) in [4.78, 5) is 23.7. The Morgan fingerprint density at radius 3 is 2.43 bits per heavy atom.